The van der Waals surface area contributed by atoms with Gasteiger partial charge in [-0.2, -0.15) is 0 Å². The number of benzene rings is 1. The molecule has 1 saturated carbocycles. The van der Waals surface area contributed by atoms with Crippen LogP contribution in [0.15, 0.2) is 30.5 Å². The molecule has 2 aromatic rings. The van der Waals surface area contributed by atoms with E-state index in [4.69, 9.17) is 0 Å². The normalized spacial score (nSPS) is 20.8. The number of para-hydroxylation sites is 1. The molecule has 26 heavy (non-hydrogen) atoms. The van der Waals surface area contributed by atoms with Crippen LogP contribution < -0.4 is 0 Å². The van der Waals surface area contributed by atoms with Crippen molar-refractivity contribution in [3.05, 3.63) is 36.0 Å². The van der Waals surface area contributed by atoms with E-state index in [-0.39, 0.29) is 5.78 Å². The molecule has 1 aromatic carbocycles. The predicted octanol–water partition coefficient (Wildman–Crippen LogP) is 5.38. The molecule has 142 valence electrons. The van der Waals surface area contributed by atoms with Crippen molar-refractivity contribution in [1.82, 2.24) is 9.47 Å². The maximum Gasteiger partial charge on any atom is 0.161 e. The standard InChI is InChI=1S/C23H34N2O/c1-4-24(16-20-11-6-5-10-18(20)2)14-9-15-25-17-22(19(3)26)21-12-7-8-13-23(21)25/h7-8,12-13,17-18,20H,4-6,9-11,14-16H2,1-3H3. The van der Waals surface area contributed by atoms with Crippen LogP contribution >= 0.6 is 0 Å². The topological polar surface area (TPSA) is 25.2 Å². The van der Waals surface area contributed by atoms with Gasteiger partial charge in [0.05, 0.1) is 0 Å². The number of Topliss-reactive ketones (excluding diaryl/α,β-unsaturated/α-hetero) is 1. The Morgan fingerprint density at radius 3 is 2.73 bits per heavy atom. The highest BCUT2D eigenvalue weighted by atomic mass is 16.1. The lowest BCUT2D eigenvalue weighted by molar-refractivity contribution is 0.101. The molecule has 0 amide bonds. The van der Waals surface area contributed by atoms with Crippen molar-refractivity contribution >= 4 is 16.7 Å². The van der Waals surface area contributed by atoms with E-state index in [0.717, 1.165) is 48.8 Å². The van der Waals surface area contributed by atoms with Crippen molar-refractivity contribution in [3.63, 3.8) is 0 Å². The van der Waals surface area contributed by atoms with Crippen molar-refractivity contribution in [2.45, 2.75) is 59.4 Å². The van der Waals surface area contributed by atoms with E-state index in [1.807, 2.05) is 12.3 Å². The number of carbonyl (C=O) groups is 1. The first kappa shape index (κ1) is 19.2. The summed E-state index contributed by atoms with van der Waals surface area (Å²) in [5.41, 5.74) is 2.03. The van der Waals surface area contributed by atoms with Gasteiger partial charge in [-0.05, 0) is 50.8 Å². The zero-order chi connectivity index (χ0) is 18.5. The number of fused-ring (bicyclic) bond motifs is 1. The van der Waals surface area contributed by atoms with Gasteiger partial charge in [0.15, 0.2) is 5.78 Å². The molecule has 0 N–H and O–H groups in total. The Morgan fingerprint density at radius 1 is 1.23 bits per heavy atom. The van der Waals surface area contributed by atoms with Crippen LogP contribution in [-0.2, 0) is 6.54 Å². The number of ketones is 1. The lowest BCUT2D eigenvalue weighted by Gasteiger charge is -2.33. The van der Waals surface area contributed by atoms with Crippen LogP contribution in [-0.4, -0.2) is 34.9 Å². The number of hydrogen-bond acceptors (Lipinski definition) is 2. The van der Waals surface area contributed by atoms with Gasteiger partial charge in [0.2, 0.25) is 0 Å². The third kappa shape index (κ3) is 4.37. The zero-order valence-corrected chi connectivity index (χ0v) is 16.7. The summed E-state index contributed by atoms with van der Waals surface area (Å²) in [4.78, 5) is 14.6. The van der Waals surface area contributed by atoms with Crippen LogP contribution in [0.5, 0.6) is 0 Å². The van der Waals surface area contributed by atoms with Gasteiger partial charge < -0.3 is 9.47 Å². The fourth-order valence-electron chi connectivity index (χ4n) is 4.55. The molecular formula is C23H34N2O. The number of rotatable bonds is 8. The molecule has 3 rings (SSSR count). The van der Waals surface area contributed by atoms with Crippen LogP contribution in [0.25, 0.3) is 10.9 Å². The largest absolute Gasteiger partial charge is 0.347 e. The van der Waals surface area contributed by atoms with Gasteiger partial charge in [-0.25, -0.2) is 0 Å². The second-order valence-corrected chi connectivity index (χ2v) is 8.08. The average Bonchev–Trinajstić information content (AvgIpc) is 3.02. The van der Waals surface area contributed by atoms with Crippen LogP contribution in [0.4, 0.5) is 0 Å². The van der Waals surface area contributed by atoms with Gasteiger partial charge in [-0.1, -0.05) is 51.3 Å². The van der Waals surface area contributed by atoms with E-state index in [1.54, 1.807) is 6.92 Å². The van der Waals surface area contributed by atoms with Crippen molar-refractivity contribution in [2.24, 2.45) is 11.8 Å². The van der Waals surface area contributed by atoms with Crippen molar-refractivity contribution in [3.8, 4) is 0 Å². The highest BCUT2D eigenvalue weighted by molar-refractivity contribution is 6.06. The number of aromatic nitrogens is 1. The first-order chi connectivity index (χ1) is 12.6. The molecule has 0 spiro atoms. The number of nitrogens with zero attached hydrogens (tertiary/aromatic N) is 2. The Hall–Kier alpha value is -1.61. The molecule has 3 heteroatoms. The molecule has 1 fully saturated rings. The zero-order valence-electron chi connectivity index (χ0n) is 16.7. The number of carbonyl (C=O) groups excluding carboxylic acids is 1. The van der Waals surface area contributed by atoms with Crippen molar-refractivity contribution in [2.75, 3.05) is 19.6 Å². The summed E-state index contributed by atoms with van der Waals surface area (Å²) in [6.07, 6.45) is 8.82. The molecule has 0 bridgehead atoms. The number of aryl methyl sites for hydroxylation is 1. The third-order valence-electron chi connectivity index (χ3n) is 6.27. The Labute approximate surface area is 158 Å². The van der Waals surface area contributed by atoms with E-state index in [0.29, 0.717) is 0 Å². The summed E-state index contributed by atoms with van der Waals surface area (Å²) in [5.74, 6) is 1.91. The van der Waals surface area contributed by atoms with Crippen LogP contribution in [0.1, 0.15) is 63.2 Å². The maximum atomic E-state index is 11.9. The molecule has 2 unspecified atom stereocenters. The van der Waals surface area contributed by atoms with Gasteiger partial charge in [0.1, 0.15) is 0 Å². The summed E-state index contributed by atoms with van der Waals surface area (Å²) in [6, 6.07) is 8.27. The summed E-state index contributed by atoms with van der Waals surface area (Å²) >= 11 is 0. The average molecular weight is 355 g/mol. The monoisotopic (exact) mass is 354 g/mol. The third-order valence-corrected chi connectivity index (χ3v) is 6.27. The van der Waals surface area contributed by atoms with Gasteiger partial charge in [0.25, 0.3) is 0 Å². The maximum absolute atomic E-state index is 11.9. The first-order valence-corrected chi connectivity index (χ1v) is 10.4. The summed E-state index contributed by atoms with van der Waals surface area (Å²) in [6.45, 7) is 10.9. The minimum atomic E-state index is 0.154. The quantitative estimate of drug-likeness (QED) is 0.594. The summed E-state index contributed by atoms with van der Waals surface area (Å²) in [5, 5.41) is 1.09. The molecule has 0 saturated heterocycles. The summed E-state index contributed by atoms with van der Waals surface area (Å²) < 4.78 is 2.27. The SMILES string of the molecule is CCN(CCCn1cc(C(C)=O)c2ccccc21)CC1CCCCC1C. The fraction of sp³-hybridized carbons (Fsp3) is 0.609. The molecular weight excluding hydrogens is 320 g/mol. The summed E-state index contributed by atoms with van der Waals surface area (Å²) in [7, 11) is 0. The van der Waals surface area contributed by atoms with E-state index < -0.39 is 0 Å². The molecule has 0 radical (unpaired) electrons. The van der Waals surface area contributed by atoms with Crippen LogP contribution in [0, 0.1) is 11.8 Å². The highest BCUT2D eigenvalue weighted by Crippen LogP contribution is 2.30. The highest BCUT2D eigenvalue weighted by Gasteiger charge is 2.23. The fourth-order valence-corrected chi connectivity index (χ4v) is 4.55. The lowest BCUT2D eigenvalue weighted by atomic mass is 9.80. The van der Waals surface area contributed by atoms with Crippen LogP contribution in [0.3, 0.4) is 0 Å². The molecule has 1 aliphatic rings. The van der Waals surface area contributed by atoms with Gasteiger partial charge in [0, 0.05) is 35.8 Å². The lowest BCUT2D eigenvalue weighted by Crippen LogP contribution is -2.34. The minimum absolute atomic E-state index is 0.154. The van der Waals surface area contributed by atoms with E-state index >= 15 is 0 Å². The van der Waals surface area contributed by atoms with Crippen molar-refractivity contribution < 1.29 is 4.79 Å². The van der Waals surface area contributed by atoms with Crippen LogP contribution in [0.2, 0.25) is 0 Å². The predicted molar refractivity (Wildman–Crippen MR) is 110 cm³/mol. The Bertz CT molecular complexity index is 733. The minimum Gasteiger partial charge on any atom is -0.347 e. The number of hydrogen-bond donors (Lipinski definition) is 0. The van der Waals surface area contributed by atoms with Gasteiger partial charge in [-0.15, -0.1) is 0 Å². The molecule has 1 aromatic heterocycles. The molecule has 1 heterocycles. The molecule has 3 nitrogen and oxygen atoms in total. The van der Waals surface area contributed by atoms with E-state index in [9.17, 15) is 4.79 Å². The second kappa shape index (κ2) is 8.85. The van der Waals surface area contributed by atoms with Crippen molar-refractivity contribution in [1.29, 1.82) is 0 Å². The molecule has 0 aliphatic heterocycles. The van der Waals surface area contributed by atoms with E-state index in [2.05, 4.69) is 41.5 Å². The Kier molecular flexibility index (Phi) is 6.53. The molecule has 2 atom stereocenters. The van der Waals surface area contributed by atoms with Gasteiger partial charge >= 0.3 is 0 Å². The first-order valence-electron chi connectivity index (χ1n) is 10.4. The second-order valence-electron chi connectivity index (χ2n) is 8.08. The van der Waals surface area contributed by atoms with Gasteiger partial charge in [-0.3, -0.25) is 4.79 Å². The Balaban J connectivity index is 1.60. The smallest absolute Gasteiger partial charge is 0.161 e. The molecule has 1 aliphatic carbocycles. The Morgan fingerprint density at radius 2 is 2.00 bits per heavy atom. The van der Waals surface area contributed by atoms with E-state index in [1.165, 1.54) is 37.7 Å².